The van der Waals surface area contributed by atoms with Crippen molar-refractivity contribution in [3.05, 3.63) is 57.8 Å². The number of benzene rings is 1. The van der Waals surface area contributed by atoms with Crippen LogP contribution in [0.4, 0.5) is 13.2 Å². The number of hydrogen-bond donors (Lipinski definition) is 1. The summed E-state index contributed by atoms with van der Waals surface area (Å²) in [5.74, 6) is -1.69. The van der Waals surface area contributed by atoms with Crippen molar-refractivity contribution < 1.29 is 32.3 Å². The lowest BCUT2D eigenvalue weighted by atomic mass is 9.96. The number of carbonyl (C=O) groups is 3. The van der Waals surface area contributed by atoms with Crippen molar-refractivity contribution in [3.63, 3.8) is 0 Å². The summed E-state index contributed by atoms with van der Waals surface area (Å²) in [6.45, 7) is 0.571. The minimum atomic E-state index is -4.46. The molecule has 1 N–H and O–H groups in total. The maximum Gasteiger partial charge on any atom is 0.416 e. The van der Waals surface area contributed by atoms with E-state index in [0.717, 1.165) is 29.1 Å². The number of esters is 1. The standard InChI is InChI=1S/C21H21F3N2O4S/c22-21(23,24)16-5-3-14(4-6-16)19(28)26-9-7-15(8-10-26)20(29)30-13-18(27)25-12-17-2-1-11-31-17/h1-6,11,15H,7-10,12-13H2,(H,25,27). The van der Waals surface area contributed by atoms with Crippen LogP contribution in [0.15, 0.2) is 41.8 Å². The Morgan fingerprint density at radius 2 is 1.77 bits per heavy atom. The van der Waals surface area contributed by atoms with Gasteiger partial charge < -0.3 is 15.0 Å². The molecule has 3 rings (SSSR count). The summed E-state index contributed by atoms with van der Waals surface area (Å²) < 4.78 is 43.0. The molecule has 0 atom stereocenters. The first-order chi connectivity index (χ1) is 14.7. The molecule has 0 radical (unpaired) electrons. The Kier molecular flexibility index (Phi) is 7.32. The number of halogens is 3. The number of amides is 2. The Morgan fingerprint density at radius 3 is 2.35 bits per heavy atom. The van der Waals surface area contributed by atoms with Crippen molar-refractivity contribution >= 4 is 29.1 Å². The highest BCUT2D eigenvalue weighted by Gasteiger charge is 2.32. The van der Waals surface area contributed by atoms with E-state index < -0.39 is 29.5 Å². The summed E-state index contributed by atoms with van der Waals surface area (Å²) in [6.07, 6.45) is -3.73. The Labute approximate surface area is 181 Å². The fourth-order valence-electron chi connectivity index (χ4n) is 3.21. The Hall–Kier alpha value is -2.88. The van der Waals surface area contributed by atoms with Crippen molar-refractivity contribution in [3.8, 4) is 0 Å². The van der Waals surface area contributed by atoms with E-state index in [0.29, 0.717) is 19.4 Å². The number of ether oxygens (including phenoxy) is 1. The second kappa shape index (κ2) is 9.95. The van der Waals surface area contributed by atoms with Crippen LogP contribution in [0, 0.1) is 5.92 Å². The van der Waals surface area contributed by atoms with Gasteiger partial charge in [0.15, 0.2) is 6.61 Å². The lowest BCUT2D eigenvalue weighted by Gasteiger charge is -2.31. The number of likely N-dealkylation sites (tertiary alicyclic amines) is 1. The zero-order valence-electron chi connectivity index (χ0n) is 16.5. The van der Waals surface area contributed by atoms with Crippen LogP contribution in [-0.2, 0) is 27.0 Å². The van der Waals surface area contributed by atoms with E-state index in [4.69, 9.17) is 4.74 Å². The van der Waals surface area contributed by atoms with Crippen LogP contribution in [0.25, 0.3) is 0 Å². The molecule has 0 aliphatic carbocycles. The van der Waals surface area contributed by atoms with Crippen LogP contribution >= 0.6 is 11.3 Å². The van der Waals surface area contributed by atoms with E-state index in [2.05, 4.69) is 5.32 Å². The van der Waals surface area contributed by atoms with Gasteiger partial charge >= 0.3 is 12.1 Å². The molecule has 1 aromatic carbocycles. The first kappa shape index (κ1) is 22.8. The zero-order chi connectivity index (χ0) is 22.4. The van der Waals surface area contributed by atoms with Crippen LogP contribution in [0.3, 0.4) is 0 Å². The molecule has 0 bridgehead atoms. The Balaban J connectivity index is 1.41. The van der Waals surface area contributed by atoms with E-state index in [9.17, 15) is 27.6 Å². The number of nitrogens with one attached hydrogen (secondary N) is 1. The Morgan fingerprint density at radius 1 is 1.10 bits per heavy atom. The smallest absolute Gasteiger partial charge is 0.416 e. The van der Waals surface area contributed by atoms with E-state index in [1.54, 1.807) is 0 Å². The summed E-state index contributed by atoms with van der Waals surface area (Å²) in [4.78, 5) is 39.0. The molecule has 2 heterocycles. The van der Waals surface area contributed by atoms with Crippen molar-refractivity contribution in [1.29, 1.82) is 0 Å². The molecule has 0 spiro atoms. The average molecular weight is 454 g/mol. The molecule has 1 aliphatic heterocycles. The quantitative estimate of drug-likeness (QED) is 0.679. The highest BCUT2D eigenvalue weighted by atomic mass is 32.1. The van der Waals surface area contributed by atoms with E-state index in [-0.39, 0.29) is 31.2 Å². The van der Waals surface area contributed by atoms with Crippen molar-refractivity contribution in [1.82, 2.24) is 10.2 Å². The molecule has 0 unspecified atom stereocenters. The minimum absolute atomic E-state index is 0.163. The topological polar surface area (TPSA) is 75.7 Å². The summed E-state index contributed by atoms with van der Waals surface area (Å²) >= 11 is 1.51. The average Bonchev–Trinajstić information content (AvgIpc) is 3.29. The lowest BCUT2D eigenvalue weighted by molar-refractivity contribution is -0.153. The predicted octanol–water partition coefficient (Wildman–Crippen LogP) is 3.48. The fourth-order valence-corrected chi connectivity index (χ4v) is 3.85. The van der Waals surface area contributed by atoms with Gasteiger partial charge in [0, 0.05) is 23.5 Å². The number of thiophene rings is 1. The van der Waals surface area contributed by atoms with Crippen molar-refractivity contribution in [2.75, 3.05) is 19.7 Å². The van der Waals surface area contributed by atoms with Gasteiger partial charge in [0.05, 0.1) is 18.0 Å². The summed E-state index contributed by atoms with van der Waals surface area (Å²) in [5, 5.41) is 4.57. The molecule has 1 fully saturated rings. The van der Waals surface area contributed by atoms with Crippen molar-refractivity contribution in [2.24, 2.45) is 5.92 Å². The van der Waals surface area contributed by atoms with E-state index in [1.165, 1.54) is 16.2 Å². The summed E-state index contributed by atoms with van der Waals surface area (Å²) in [6, 6.07) is 7.82. The molecular weight excluding hydrogens is 433 g/mol. The molecule has 6 nitrogen and oxygen atoms in total. The van der Waals surface area contributed by atoms with Gasteiger partial charge in [-0.05, 0) is 48.6 Å². The first-order valence-corrected chi connectivity index (χ1v) is 10.5. The molecule has 31 heavy (non-hydrogen) atoms. The SMILES string of the molecule is O=C(COC(=O)C1CCN(C(=O)c2ccc(C(F)(F)F)cc2)CC1)NCc1cccs1. The van der Waals surface area contributed by atoms with Gasteiger partial charge in [-0.3, -0.25) is 14.4 Å². The van der Waals surface area contributed by atoms with Crippen molar-refractivity contribution in [2.45, 2.75) is 25.6 Å². The number of rotatable bonds is 6. The van der Waals surface area contributed by atoms with Gasteiger partial charge in [0.2, 0.25) is 0 Å². The van der Waals surface area contributed by atoms with Crippen LogP contribution in [-0.4, -0.2) is 42.4 Å². The van der Waals surface area contributed by atoms with Crippen LogP contribution in [0.1, 0.15) is 33.6 Å². The third-order valence-electron chi connectivity index (χ3n) is 4.96. The molecule has 0 saturated carbocycles. The molecule has 1 aromatic heterocycles. The second-order valence-electron chi connectivity index (χ2n) is 7.11. The predicted molar refractivity (Wildman–Crippen MR) is 107 cm³/mol. The number of piperidine rings is 1. The molecule has 1 saturated heterocycles. The molecule has 166 valence electrons. The monoisotopic (exact) mass is 454 g/mol. The molecular formula is C21H21F3N2O4S. The maximum absolute atomic E-state index is 12.7. The highest BCUT2D eigenvalue weighted by Crippen LogP contribution is 2.29. The fraction of sp³-hybridized carbons (Fsp3) is 0.381. The normalized spacial score (nSPS) is 14.9. The molecule has 10 heteroatoms. The second-order valence-corrected chi connectivity index (χ2v) is 8.14. The number of carbonyl (C=O) groups excluding carboxylic acids is 3. The minimum Gasteiger partial charge on any atom is -0.455 e. The van der Waals surface area contributed by atoms with Crippen LogP contribution in [0.2, 0.25) is 0 Å². The zero-order valence-corrected chi connectivity index (χ0v) is 17.3. The van der Waals surface area contributed by atoms with Gasteiger partial charge in [-0.2, -0.15) is 13.2 Å². The first-order valence-electron chi connectivity index (χ1n) is 9.66. The van der Waals surface area contributed by atoms with Gasteiger partial charge in [-0.1, -0.05) is 6.07 Å². The number of hydrogen-bond acceptors (Lipinski definition) is 5. The highest BCUT2D eigenvalue weighted by molar-refractivity contribution is 7.09. The van der Waals surface area contributed by atoms with E-state index >= 15 is 0 Å². The van der Waals surface area contributed by atoms with Crippen LogP contribution in [0.5, 0.6) is 0 Å². The molecule has 1 aliphatic rings. The molecule has 2 amide bonds. The third-order valence-corrected chi connectivity index (χ3v) is 5.84. The maximum atomic E-state index is 12.7. The Bertz CT molecular complexity index is 906. The summed E-state index contributed by atoms with van der Waals surface area (Å²) in [7, 11) is 0. The van der Waals surface area contributed by atoms with Gasteiger partial charge in [0.1, 0.15) is 0 Å². The largest absolute Gasteiger partial charge is 0.455 e. The third kappa shape index (κ3) is 6.30. The molecule has 2 aromatic rings. The lowest BCUT2D eigenvalue weighted by Crippen LogP contribution is -2.41. The van der Waals surface area contributed by atoms with Gasteiger partial charge in [0.25, 0.3) is 11.8 Å². The number of nitrogens with zero attached hydrogens (tertiary/aromatic N) is 1. The van der Waals surface area contributed by atoms with Crippen LogP contribution < -0.4 is 5.32 Å². The van der Waals surface area contributed by atoms with Gasteiger partial charge in [-0.15, -0.1) is 11.3 Å². The van der Waals surface area contributed by atoms with Gasteiger partial charge in [-0.25, -0.2) is 0 Å². The summed E-state index contributed by atoms with van der Waals surface area (Å²) in [5.41, 5.74) is -0.652. The van der Waals surface area contributed by atoms with E-state index in [1.807, 2.05) is 17.5 Å². The number of alkyl halides is 3.